The molecule has 4 N–H and O–H groups in total. The van der Waals surface area contributed by atoms with E-state index >= 15 is 0 Å². The van der Waals surface area contributed by atoms with E-state index in [4.69, 9.17) is 9.84 Å². The van der Waals surface area contributed by atoms with Crippen molar-refractivity contribution < 1.29 is 32.7 Å². The highest BCUT2D eigenvalue weighted by Crippen LogP contribution is 2.34. The second-order valence-corrected chi connectivity index (χ2v) is 17.0. The van der Waals surface area contributed by atoms with E-state index in [1.807, 2.05) is 23.4 Å². The second kappa shape index (κ2) is 23.0. The third-order valence-corrected chi connectivity index (χ3v) is 11.5. The molecule has 4 heterocycles. The number of imide groups is 1. The lowest BCUT2D eigenvalue weighted by Gasteiger charge is -2.34. The Morgan fingerprint density at radius 3 is 2.36 bits per heavy atom. The van der Waals surface area contributed by atoms with Crippen molar-refractivity contribution >= 4 is 35.7 Å². The minimum atomic E-state index is -2.62. The van der Waals surface area contributed by atoms with E-state index in [1.165, 1.54) is 6.08 Å². The summed E-state index contributed by atoms with van der Waals surface area (Å²) in [6.45, 7) is 19.2. The van der Waals surface area contributed by atoms with Crippen molar-refractivity contribution in [3.05, 3.63) is 45.6 Å². The molecule has 0 aromatic carbocycles. The standard InChI is InChI=1S/C44H70F2N10O5/c1-10-19-49-53(9)29(4)36(25-31(11-2)41(45)46)50-42-34-28-55(30(5)57)23-18-37(34)56(52-42)33-16-21-54(22-17-33)39(59)27-47-20-13-24-61-40(44(6,7)8)32(12-3)26-48-35-14-15-38(58)51-43(35)60/h19,25,33,35,41,47-48H,10-18,20-24,26-28H2,1-9H3,(H,50,52)(H,51,58,60)/b31-25+,36-29+,40-32-,49-19-/t35-/m0/s1. The van der Waals surface area contributed by atoms with Gasteiger partial charge in [0.15, 0.2) is 5.82 Å². The zero-order valence-electron chi connectivity index (χ0n) is 37.9. The zero-order chi connectivity index (χ0) is 44.9. The summed E-state index contributed by atoms with van der Waals surface area (Å²) in [5.41, 5.74) is 3.78. The zero-order valence-corrected chi connectivity index (χ0v) is 37.9. The van der Waals surface area contributed by atoms with Crippen LogP contribution < -0.4 is 21.3 Å². The smallest absolute Gasteiger partial charge is 0.260 e. The van der Waals surface area contributed by atoms with Gasteiger partial charge in [-0.3, -0.25) is 34.2 Å². The fourth-order valence-corrected chi connectivity index (χ4v) is 7.83. The highest BCUT2D eigenvalue weighted by molar-refractivity contribution is 6.00. The number of aromatic nitrogens is 2. The molecule has 3 aliphatic heterocycles. The maximum absolute atomic E-state index is 14.0. The number of amides is 4. The molecule has 0 spiro atoms. The minimum absolute atomic E-state index is 0.0146. The van der Waals surface area contributed by atoms with E-state index in [1.54, 1.807) is 37.0 Å². The van der Waals surface area contributed by atoms with E-state index in [9.17, 15) is 28.0 Å². The predicted molar refractivity (Wildman–Crippen MR) is 234 cm³/mol. The molecule has 0 aliphatic carbocycles. The number of rotatable bonds is 20. The summed E-state index contributed by atoms with van der Waals surface area (Å²) in [5.74, 6) is 0.869. The van der Waals surface area contributed by atoms with Gasteiger partial charge in [0.2, 0.25) is 23.6 Å². The molecule has 4 rings (SSSR count). The molecule has 1 aromatic rings. The van der Waals surface area contributed by atoms with Crippen LogP contribution in [0.2, 0.25) is 0 Å². The fourth-order valence-electron chi connectivity index (χ4n) is 7.83. The van der Waals surface area contributed by atoms with Crippen molar-refractivity contribution in [2.75, 3.05) is 58.2 Å². The van der Waals surface area contributed by atoms with Gasteiger partial charge in [0.25, 0.3) is 6.43 Å². The lowest BCUT2D eigenvalue weighted by atomic mass is 9.89. The SMILES string of the molecule is CC/C=N\N(C)/C(C)=C(\C=C(/CC)C(F)F)Nc1nn(C2CCN(C(=O)CNCCCO/C(=C(/CC)CN[C@H]3CCC(=O)NC3=O)C(C)(C)C)CC2)c2c1CN(C(C)=O)CC2. The molecule has 1 atom stereocenters. The van der Waals surface area contributed by atoms with Gasteiger partial charge in [-0.05, 0) is 75.6 Å². The average Bonchev–Trinajstić information content (AvgIpc) is 3.58. The number of likely N-dealkylation sites (tertiary alicyclic amines) is 1. The molecule has 4 amide bonds. The number of nitrogens with one attached hydrogen (secondary N) is 4. The Bertz CT molecular complexity index is 1820. The first-order valence-corrected chi connectivity index (χ1v) is 22.0. The number of fused-ring (bicyclic) bond motifs is 1. The maximum Gasteiger partial charge on any atom is 0.260 e. The van der Waals surface area contributed by atoms with Crippen molar-refractivity contribution in [2.24, 2.45) is 10.5 Å². The van der Waals surface area contributed by atoms with Crippen molar-refractivity contribution in [1.29, 1.82) is 0 Å². The molecule has 15 nitrogen and oxygen atoms in total. The van der Waals surface area contributed by atoms with Crippen LogP contribution in [-0.4, -0.2) is 120 Å². The van der Waals surface area contributed by atoms with Gasteiger partial charge in [0.1, 0.15) is 5.76 Å². The van der Waals surface area contributed by atoms with Gasteiger partial charge in [0, 0.05) is 75.9 Å². The number of halogens is 2. The van der Waals surface area contributed by atoms with Crippen LogP contribution in [-0.2, 0) is 36.9 Å². The van der Waals surface area contributed by atoms with E-state index in [0.717, 1.165) is 35.4 Å². The number of alkyl halides is 2. The highest BCUT2D eigenvalue weighted by atomic mass is 19.3. The van der Waals surface area contributed by atoms with Gasteiger partial charge in [0.05, 0.1) is 43.2 Å². The van der Waals surface area contributed by atoms with Crippen LogP contribution in [0.3, 0.4) is 0 Å². The predicted octanol–water partition coefficient (Wildman–Crippen LogP) is 5.63. The number of carbonyl (C=O) groups is 4. The quantitative estimate of drug-likeness (QED) is 0.0323. The molecule has 1 aromatic heterocycles. The number of allylic oxidation sites excluding steroid dienone is 4. The normalized spacial score (nSPS) is 18.9. The summed E-state index contributed by atoms with van der Waals surface area (Å²) in [7, 11) is 1.77. The summed E-state index contributed by atoms with van der Waals surface area (Å²) in [5, 5.41) is 23.5. The molecule has 17 heteroatoms. The Kier molecular flexibility index (Phi) is 18.5. The summed E-state index contributed by atoms with van der Waals surface area (Å²) < 4.78 is 36.4. The molecule has 0 saturated carbocycles. The fraction of sp³-hybridized carbons (Fsp3) is 0.682. The van der Waals surface area contributed by atoms with Crippen molar-refractivity contribution in [3.63, 3.8) is 0 Å². The number of piperidine rings is 2. The molecular formula is C44H70F2N10O5. The lowest BCUT2D eigenvalue weighted by molar-refractivity contribution is -0.135. The summed E-state index contributed by atoms with van der Waals surface area (Å²) in [6, 6.07) is -0.392. The number of ether oxygens (including phenoxy) is 1. The number of anilines is 1. The van der Waals surface area contributed by atoms with E-state index in [-0.39, 0.29) is 53.6 Å². The Labute approximate surface area is 360 Å². The summed E-state index contributed by atoms with van der Waals surface area (Å²) >= 11 is 0. The van der Waals surface area contributed by atoms with Gasteiger partial charge in [-0.2, -0.15) is 10.2 Å². The molecule has 340 valence electrons. The Hall–Kier alpha value is -4.64. The molecule has 0 unspecified atom stereocenters. The number of nitrogens with zero attached hydrogens (tertiary/aromatic N) is 6. The first-order chi connectivity index (χ1) is 29.0. The molecule has 2 saturated heterocycles. The van der Waals surface area contributed by atoms with E-state index < -0.39 is 12.5 Å². The summed E-state index contributed by atoms with van der Waals surface area (Å²) in [6.07, 6.45) is 5.76. The molecule has 2 fully saturated rings. The number of hydrogen-bond acceptors (Lipinski definition) is 11. The first kappa shape index (κ1) is 49.0. The molecule has 3 aliphatic rings. The monoisotopic (exact) mass is 857 g/mol. The minimum Gasteiger partial charge on any atom is -0.497 e. The van der Waals surface area contributed by atoms with Gasteiger partial charge in [-0.15, -0.1) is 0 Å². The van der Waals surface area contributed by atoms with Crippen molar-refractivity contribution in [3.8, 4) is 0 Å². The van der Waals surface area contributed by atoms with Crippen molar-refractivity contribution in [1.82, 2.24) is 40.5 Å². The van der Waals surface area contributed by atoms with Crippen LogP contribution in [0, 0.1) is 5.41 Å². The third kappa shape index (κ3) is 13.7. The second-order valence-electron chi connectivity index (χ2n) is 17.0. The molecule has 0 bridgehead atoms. The van der Waals surface area contributed by atoms with Crippen molar-refractivity contribution in [2.45, 2.75) is 138 Å². The average molecular weight is 857 g/mol. The lowest BCUT2D eigenvalue weighted by Crippen LogP contribution is -2.51. The number of hydrogen-bond donors (Lipinski definition) is 4. The number of hydrazone groups is 1. The molecule has 0 radical (unpaired) electrons. The largest absolute Gasteiger partial charge is 0.497 e. The number of carbonyl (C=O) groups excluding carboxylic acids is 4. The topological polar surface area (TPSA) is 166 Å². The van der Waals surface area contributed by atoms with Gasteiger partial charge >= 0.3 is 0 Å². The van der Waals surface area contributed by atoms with Gasteiger partial charge < -0.3 is 30.5 Å². The third-order valence-electron chi connectivity index (χ3n) is 11.5. The Balaban J connectivity index is 1.36. The van der Waals surface area contributed by atoms with Crippen LogP contribution in [0.1, 0.15) is 124 Å². The maximum atomic E-state index is 14.0. The molecular weight excluding hydrogens is 787 g/mol. The summed E-state index contributed by atoms with van der Waals surface area (Å²) in [4.78, 5) is 53.3. The Morgan fingerprint density at radius 2 is 1.75 bits per heavy atom. The van der Waals surface area contributed by atoms with Gasteiger partial charge in [-0.1, -0.05) is 41.5 Å². The van der Waals surface area contributed by atoms with E-state index in [0.29, 0.717) is 102 Å². The van der Waals surface area contributed by atoms with Crippen LogP contribution in [0.25, 0.3) is 0 Å². The van der Waals surface area contributed by atoms with Gasteiger partial charge in [-0.25, -0.2) is 8.78 Å². The van der Waals surface area contributed by atoms with Crippen LogP contribution in [0.15, 0.2) is 39.5 Å². The first-order valence-electron chi connectivity index (χ1n) is 22.0. The molecule has 61 heavy (non-hydrogen) atoms. The van der Waals surface area contributed by atoms with Crippen LogP contribution >= 0.6 is 0 Å². The van der Waals surface area contributed by atoms with E-state index in [2.05, 4.69) is 54.1 Å². The highest BCUT2D eigenvalue weighted by Gasteiger charge is 2.33. The Morgan fingerprint density at radius 1 is 1.03 bits per heavy atom. The van der Waals surface area contributed by atoms with Crippen LogP contribution in [0.5, 0.6) is 0 Å². The van der Waals surface area contributed by atoms with Crippen LogP contribution in [0.4, 0.5) is 14.6 Å².